The summed E-state index contributed by atoms with van der Waals surface area (Å²) in [6.07, 6.45) is 3.55. The highest BCUT2D eigenvalue weighted by Gasteiger charge is 2.57. The zero-order valence-electron chi connectivity index (χ0n) is 14.8. The summed E-state index contributed by atoms with van der Waals surface area (Å²) in [5, 5.41) is 3.15. The second kappa shape index (κ2) is 5.98. The Morgan fingerprint density at radius 2 is 2.00 bits per heavy atom. The fraction of sp³-hybridized carbons (Fsp3) is 0.600. The van der Waals surface area contributed by atoms with Crippen LogP contribution in [0.15, 0.2) is 24.3 Å². The Hall–Kier alpha value is -2.08. The number of para-hydroxylation sites is 1. The van der Waals surface area contributed by atoms with Crippen molar-refractivity contribution in [3.8, 4) is 5.75 Å². The van der Waals surface area contributed by atoms with Crippen molar-refractivity contribution < 1.29 is 19.1 Å². The Morgan fingerprint density at radius 3 is 2.77 bits per heavy atom. The molecule has 4 fully saturated rings. The number of hydrogen-bond donors (Lipinski definition) is 1. The molecule has 1 saturated heterocycles. The molecule has 2 aliphatic heterocycles. The second-order valence-electron chi connectivity index (χ2n) is 7.96. The van der Waals surface area contributed by atoms with Crippen LogP contribution in [0.3, 0.4) is 0 Å². The first-order valence-corrected chi connectivity index (χ1v) is 9.63. The molecular weight excluding hydrogens is 332 g/mol. The van der Waals surface area contributed by atoms with Crippen molar-refractivity contribution in [1.82, 2.24) is 10.2 Å². The number of fused-ring (bicyclic) bond motifs is 3. The van der Waals surface area contributed by atoms with Gasteiger partial charge in [0.25, 0.3) is 5.91 Å². The number of carbonyl (C=O) groups excluding carboxylic acids is 2. The lowest BCUT2D eigenvalue weighted by molar-refractivity contribution is -0.158. The fourth-order valence-electron chi connectivity index (χ4n) is 5.28. The Bertz CT molecular complexity index is 745. The van der Waals surface area contributed by atoms with E-state index in [0.29, 0.717) is 37.6 Å². The lowest BCUT2D eigenvalue weighted by Gasteiger charge is -2.55. The number of rotatable bonds is 1. The standard InChI is InChI=1S/C20H24N2O4/c23-18-15-3-1-2-4-17(15)26-20(21-18)12-13-5-6-14(20)11-16(13)19(24)22-7-9-25-10-8-22/h1-4,13-14,16H,5-12H2,(H,21,23)/t13-,14+,16+,20-/m1/s1. The van der Waals surface area contributed by atoms with Crippen LogP contribution in [-0.2, 0) is 9.53 Å². The Labute approximate surface area is 152 Å². The molecule has 1 aromatic carbocycles. The lowest BCUT2D eigenvalue weighted by Crippen LogP contribution is -2.67. The normalized spacial score (nSPS) is 35.6. The predicted molar refractivity (Wildman–Crippen MR) is 93.6 cm³/mol. The van der Waals surface area contributed by atoms with E-state index in [1.807, 2.05) is 23.1 Å². The van der Waals surface area contributed by atoms with Crippen LogP contribution in [0.5, 0.6) is 5.75 Å². The Kier molecular flexibility index (Phi) is 3.71. The summed E-state index contributed by atoms with van der Waals surface area (Å²) in [4.78, 5) is 27.6. The van der Waals surface area contributed by atoms with Crippen molar-refractivity contribution >= 4 is 11.8 Å². The number of nitrogens with zero attached hydrogens (tertiary/aromatic N) is 1. The molecule has 26 heavy (non-hydrogen) atoms. The van der Waals surface area contributed by atoms with Gasteiger partial charge in [-0.25, -0.2) is 0 Å². The molecule has 138 valence electrons. The molecule has 4 atom stereocenters. The molecule has 0 radical (unpaired) electrons. The van der Waals surface area contributed by atoms with E-state index in [4.69, 9.17) is 9.47 Å². The van der Waals surface area contributed by atoms with Gasteiger partial charge in [-0.05, 0) is 37.3 Å². The van der Waals surface area contributed by atoms with E-state index in [-0.39, 0.29) is 29.6 Å². The number of nitrogens with one attached hydrogen (secondary N) is 1. The zero-order chi connectivity index (χ0) is 17.7. The van der Waals surface area contributed by atoms with Gasteiger partial charge in [-0.3, -0.25) is 9.59 Å². The molecule has 5 aliphatic rings. The minimum absolute atomic E-state index is 0.0511. The average molecular weight is 356 g/mol. The van der Waals surface area contributed by atoms with Crippen LogP contribution in [-0.4, -0.2) is 48.7 Å². The summed E-state index contributed by atoms with van der Waals surface area (Å²) in [6.45, 7) is 2.65. The van der Waals surface area contributed by atoms with Crippen molar-refractivity contribution in [2.75, 3.05) is 26.3 Å². The summed E-state index contributed by atoms with van der Waals surface area (Å²) < 4.78 is 11.7. The summed E-state index contributed by atoms with van der Waals surface area (Å²) in [6, 6.07) is 7.42. The average Bonchev–Trinajstić information content (AvgIpc) is 2.68. The maximum atomic E-state index is 13.0. The van der Waals surface area contributed by atoms with E-state index in [1.165, 1.54) is 0 Å². The summed E-state index contributed by atoms with van der Waals surface area (Å²) >= 11 is 0. The molecule has 3 saturated carbocycles. The van der Waals surface area contributed by atoms with E-state index >= 15 is 0 Å². The number of morpholine rings is 1. The molecule has 6 heteroatoms. The Balaban J connectivity index is 1.38. The summed E-state index contributed by atoms with van der Waals surface area (Å²) in [5.41, 5.74) is -0.0450. The van der Waals surface area contributed by atoms with Crippen LogP contribution < -0.4 is 10.1 Å². The number of hydrogen-bond acceptors (Lipinski definition) is 4. The van der Waals surface area contributed by atoms with Crippen molar-refractivity contribution in [2.45, 2.75) is 31.4 Å². The summed E-state index contributed by atoms with van der Waals surface area (Å²) in [5.74, 6) is 1.37. The van der Waals surface area contributed by atoms with Crippen molar-refractivity contribution in [3.05, 3.63) is 29.8 Å². The number of benzene rings is 1. The minimum atomic E-state index is -0.643. The van der Waals surface area contributed by atoms with Gasteiger partial charge in [0.2, 0.25) is 5.91 Å². The molecule has 6 nitrogen and oxygen atoms in total. The second-order valence-corrected chi connectivity index (χ2v) is 7.96. The maximum absolute atomic E-state index is 13.0. The monoisotopic (exact) mass is 356 g/mol. The van der Waals surface area contributed by atoms with Gasteiger partial charge in [0.05, 0.1) is 18.8 Å². The van der Waals surface area contributed by atoms with Crippen LogP contribution in [0.25, 0.3) is 0 Å². The zero-order valence-corrected chi connectivity index (χ0v) is 14.8. The molecule has 0 unspecified atom stereocenters. The van der Waals surface area contributed by atoms with Gasteiger partial charge in [0, 0.05) is 31.3 Å². The molecule has 3 aliphatic carbocycles. The molecule has 1 spiro atoms. The van der Waals surface area contributed by atoms with Crippen LogP contribution in [0.1, 0.15) is 36.0 Å². The molecule has 0 aromatic heterocycles. The topological polar surface area (TPSA) is 67.9 Å². The molecule has 2 heterocycles. The first-order valence-electron chi connectivity index (χ1n) is 9.63. The highest BCUT2D eigenvalue weighted by atomic mass is 16.5. The Morgan fingerprint density at radius 1 is 1.19 bits per heavy atom. The molecular formula is C20H24N2O4. The fourth-order valence-corrected chi connectivity index (χ4v) is 5.28. The van der Waals surface area contributed by atoms with E-state index in [0.717, 1.165) is 25.7 Å². The van der Waals surface area contributed by atoms with Crippen LogP contribution in [0.2, 0.25) is 0 Å². The first kappa shape index (κ1) is 16.1. The molecule has 2 amide bonds. The third-order valence-corrected chi connectivity index (χ3v) is 6.61. The van der Waals surface area contributed by atoms with Gasteiger partial charge in [0.15, 0.2) is 5.72 Å². The van der Waals surface area contributed by atoms with Crippen molar-refractivity contribution in [1.29, 1.82) is 0 Å². The summed E-state index contributed by atoms with van der Waals surface area (Å²) in [7, 11) is 0. The van der Waals surface area contributed by atoms with Crippen LogP contribution >= 0.6 is 0 Å². The van der Waals surface area contributed by atoms with Crippen LogP contribution in [0, 0.1) is 17.8 Å². The van der Waals surface area contributed by atoms with Crippen molar-refractivity contribution in [3.63, 3.8) is 0 Å². The quantitative estimate of drug-likeness (QED) is 0.833. The van der Waals surface area contributed by atoms with Crippen molar-refractivity contribution in [2.24, 2.45) is 17.8 Å². The highest BCUT2D eigenvalue weighted by molar-refractivity contribution is 5.98. The number of carbonyl (C=O) groups is 2. The predicted octanol–water partition coefficient (Wildman–Crippen LogP) is 1.80. The molecule has 1 aromatic rings. The lowest BCUT2D eigenvalue weighted by atomic mass is 9.59. The van der Waals surface area contributed by atoms with E-state index in [1.54, 1.807) is 6.07 Å². The smallest absolute Gasteiger partial charge is 0.258 e. The van der Waals surface area contributed by atoms with E-state index < -0.39 is 5.72 Å². The maximum Gasteiger partial charge on any atom is 0.258 e. The van der Waals surface area contributed by atoms with Gasteiger partial charge in [-0.15, -0.1) is 0 Å². The largest absolute Gasteiger partial charge is 0.467 e. The molecule has 6 rings (SSSR count). The third-order valence-electron chi connectivity index (χ3n) is 6.61. The molecule has 2 bridgehead atoms. The molecule has 1 N–H and O–H groups in total. The number of amides is 2. The first-order chi connectivity index (χ1) is 12.7. The number of ether oxygens (including phenoxy) is 2. The third kappa shape index (κ3) is 2.42. The van der Waals surface area contributed by atoms with Gasteiger partial charge < -0.3 is 19.7 Å². The van der Waals surface area contributed by atoms with E-state index in [2.05, 4.69) is 5.32 Å². The SMILES string of the molecule is O=C1N[C@]2(C[C@H]3CC[C@H]2C[C@@H]3C(=O)N2CCOCC2)Oc2ccccc21. The van der Waals surface area contributed by atoms with Gasteiger partial charge in [0.1, 0.15) is 5.75 Å². The van der Waals surface area contributed by atoms with Gasteiger partial charge >= 0.3 is 0 Å². The van der Waals surface area contributed by atoms with Gasteiger partial charge in [-0.2, -0.15) is 0 Å². The highest BCUT2D eigenvalue weighted by Crippen LogP contribution is 2.52. The van der Waals surface area contributed by atoms with Crippen LogP contribution in [0.4, 0.5) is 0 Å². The van der Waals surface area contributed by atoms with Gasteiger partial charge in [-0.1, -0.05) is 12.1 Å². The minimum Gasteiger partial charge on any atom is -0.467 e. The van der Waals surface area contributed by atoms with E-state index in [9.17, 15) is 9.59 Å².